The molecule has 2 aromatic carbocycles. The third-order valence-electron chi connectivity index (χ3n) is 3.29. The summed E-state index contributed by atoms with van der Waals surface area (Å²) in [5.41, 5.74) is 1.85. The van der Waals surface area contributed by atoms with E-state index in [9.17, 15) is 4.39 Å². The van der Waals surface area contributed by atoms with Gasteiger partial charge in [0.05, 0.1) is 27.0 Å². The molecule has 0 aliphatic rings. The molecular weight excluding hydrogens is 331 g/mol. The summed E-state index contributed by atoms with van der Waals surface area (Å²) in [5, 5.41) is 6.06. The van der Waals surface area contributed by atoms with Crippen molar-refractivity contribution in [2.45, 2.75) is 6.92 Å². The molecule has 2 aromatic rings. The summed E-state index contributed by atoms with van der Waals surface area (Å²) in [4.78, 5) is 0. The first-order chi connectivity index (χ1) is 11.5. The fourth-order valence-electron chi connectivity index (χ4n) is 2.17. The first kappa shape index (κ1) is 17.8. The first-order valence-electron chi connectivity index (χ1n) is 7.12. The molecular formula is C17H19FN2O3S. The van der Waals surface area contributed by atoms with Crippen LogP contribution in [0.25, 0.3) is 0 Å². The first-order valence-corrected chi connectivity index (χ1v) is 7.53. The Bertz CT molecular complexity index is 728. The quantitative estimate of drug-likeness (QED) is 0.796. The molecule has 2 N–H and O–H groups in total. The maximum Gasteiger partial charge on any atom is 0.203 e. The Kier molecular flexibility index (Phi) is 5.81. The van der Waals surface area contributed by atoms with Crippen molar-refractivity contribution >= 4 is 28.7 Å². The van der Waals surface area contributed by atoms with Crippen LogP contribution < -0.4 is 24.8 Å². The maximum absolute atomic E-state index is 13.8. The summed E-state index contributed by atoms with van der Waals surface area (Å²) in [7, 11) is 4.58. The molecule has 0 aliphatic heterocycles. The van der Waals surface area contributed by atoms with Crippen LogP contribution in [0.4, 0.5) is 15.8 Å². The highest BCUT2D eigenvalue weighted by Gasteiger charge is 2.14. The third kappa shape index (κ3) is 4.05. The lowest BCUT2D eigenvalue weighted by Crippen LogP contribution is -2.20. The Labute approximate surface area is 145 Å². The van der Waals surface area contributed by atoms with Crippen molar-refractivity contribution in [3.63, 3.8) is 0 Å². The Morgan fingerprint density at radius 3 is 2.12 bits per heavy atom. The van der Waals surface area contributed by atoms with Crippen LogP contribution in [-0.4, -0.2) is 26.4 Å². The highest BCUT2D eigenvalue weighted by Crippen LogP contribution is 2.39. The number of hydrogen-bond donors (Lipinski definition) is 2. The van der Waals surface area contributed by atoms with Crippen LogP contribution in [0.5, 0.6) is 17.2 Å². The fourth-order valence-corrected chi connectivity index (χ4v) is 2.40. The SMILES string of the molecule is COc1cc(NC(=S)Nc2cc(C)ccc2F)cc(OC)c1OC. The topological polar surface area (TPSA) is 51.8 Å². The molecule has 0 fully saturated rings. The highest BCUT2D eigenvalue weighted by atomic mass is 32.1. The number of benzene rings is 2. The molecule has 0 spiro atoms. The van der Waals surface area contributed by atoms with E-state index in [2.05, 4.69) is 10.6 Å². The summed E-state index contributed by atoms with van der Waals surface area (Å²) < 4.78 is 29.6. The van der Waals surface area contributed by atoms with E-state index in [0.717, 1.165) is 5.56 Å². The number of aryl methyl sites for hydroxylation is 1. The molecule has 0 saturated heterocycles. The second-order valence-corrected chi connectivity index (χ2v) is 5.38. The minimum Gasteiger partial charge on any atom is -0.493 e. The van der Waals surface area contributed by atoms with E-state index in [4.69, 9.17) is 26.4 Å². The van der Waals surface area contributed by atoms with E-state index >= 15 is 0 Å². The summed E-state index contributed by atoms with van der Waals surface area (Å²) in [5.74, 6) is 1.08. The Hall–Kier alpha value is -2.54. The van der Waals surface area contributed by atoms with Gasteiger partial charge in [0.1, 0.15) is 5.82 Å². The number of nitrogens with one attached hydrogen (secondary N) is 2. The highest BCUT2D eigenvalue weighted by molar-refractivity contribution is 7.80. The van der Waals surface area contributed by atoms with Crippen LogP contribution in [-0.2, 0) is 0 Å². The van der Waals surface area contributed by atoms with Gasteiger partial charge in [0.15, 0.2) is 16.6 Å². The molecule has 0 saturated carbocycles. The monoisotopic (exact) mass is 350 g/mol. The second kappa shape index (κ2) is 7.83. The van der Waals surface area contributed by atoms with Gasteiger partial charge >= 0.3 is 0 Å². The summed E-state index contributed by atoms with van der Waals surface area (Å²) in [6, 6.07) is 8.18. The molecule has 2 rings (SSSR count). The van der Waals surface area contributed by atoms with Crippen molar-refractivity contribution in [3.05, 3.63) is 41.7 Å². The number of ether oxygens (including phenoxy) is 3. The van der Waals surface area contributed by atoms with E-state index < -0.39 is 0 Å². The van der Waals surface area contributed by atoms with Crippen LogP contribution in [0.15, 0.2) is 30.3 Å². The van der Waals surface area contributed by atoms with Crippen molar-refractivity contribution in [1.29, 1.82) is 0 Å². The molecule has 0 aliphatic carbocycles. The number of methoxy groups -OCH3 is 3. The molecule has 0 atom stereocenters. The number of thiocarbonyl (C=S) groups is 1. The van der Waals surface area contributed by atoms with Crippen LogP contribution in [0.2, 0.25) is 0 Å². The van der Waals surface area contributed by atoms with Gasteiger partial charge in [0.25, 0.3) is 0 Å². The van der Waals surface area contributed by atoms with E-state index in [1.54, 1.807) is 24.3 Å². The van der Waals surface area contributed by atoms with Gasteiger partial charge in [0, 0.05) is 17.8 Å². The Morgan fingerprint density at radius 1 is 0.958 bits per heavy atom. The average molecular weight is 350 g/mol. The van der Waals surface area contributed by atoms with Crippen LogP contribution in [0.3, 0.4) is 0 Å². The van der Waals surface area contributed by atoms with Gasteiger partial charge in [-0.2, -0.15) is 0 Å². The van der Waals surface area contributed by atoms with Gasteiger partial charge in [0.2, 0.25) is 5.75 Å². The molecule has 0 radical (unpaired) electrons. The number of halogens is 1. The smallest absolute Gasteiger partial charge is 0.203 e. The number of rotatable bonds is 5. The molecule has 0 bridgehead atoms. The normalized spacial score (nSPS) is 10.0. The van der Waals surface area contributed by atoms with Gasteiger partial charge in [-0.05, 0) is 36.8 Å². The molecule has 7 heteroatoms. The van der Waals surface area contributed by atoms with Crippen LogP contribution in [0.1, 0.15) is 5.56 Å². The van der Waals surface area contributed by atoms with E-state index in [-0.39, 0.29) is 10.9 Å². The van der Waals surface area contributed by atoms with Crippen molar-refractivity contribution in [3.8, 4) is 17.2 Å². The van der Waals surface area contributed by atoms with Gasteiger partial charge in [-0.15, -0.1) is 0 Å². The van der Waals surface area contributed by atoms with E-state index in [1.807, 2.05) is 6.92 Å². The average Bonchev–Trinajstić information content (AvgIpc) is 2.57. The van der Waals surface area contributed by atoms with E-state index in [1.165, 1.54) is 27.4 Å². The van der Waals surface area contributed by atoms with Crippen LogP contribution >= 0.6 is 12.2 Å². The van der Waals surface area contributed by atoms with Crippen molar-refractivity contribution < 1.29 is 18.6 Å². The minimum atomic E-state index is -0.380. The second-order valence-electron chi connectivity index (χ2n) is 4.98. The van der Waals surface area contributed by atoms with Crippen LogP contribution in [0, 0.1) is 12.7 Å². The zero-order valence-corrected chi connectivity index (χ0v) is 14.7. The lowest BCUT2D eigenvalue weighted by Gasteiger charge is -2.16. The molecule has 0 unspecified atom stereocenters. The van der Waals surface area contributed by atoms with Crippen molar-refractivity contribution in [2.75, 3.05) is 32.0 Å². The lowest BCUT2D eigenvalue weighted by molar-refractivity contribution is 0.324. The molecule has 0 aromatic heterocycles. The molecule has 5 nitrogen and oxygen atoms in total. The largest absolute Gasteiger partial charge is 0.493 e. The molecule has 0 heterocycles. The van der Waals surface area contributed by atoms with Gasteiger partial charge < -0.3 is 24.8 Å². The van der Waals surface area contributed by atoms with Crippen molar-refractivity contribution in [2.24, 2.45) is 0 Å². The predicted molar refractivity (Wildman–Crippen MR) is 97.1 cm³/mol. The fraction of sp³-hybridized carbons (Fsp3) is 0.235. The summed E-state index contributed by atoms with van der Waals surface area (Å²) >= 11 is 5.24. The van der Waals surface area contributed by atoms with Gasteiger partial charge in [-0.1, -0.05) is 6.07 Å². The summed E-state index contributed by atoms with van der Waals surface area (Å²) in [6.45, 7) is 1.88. The number of hydrogen-bond acceptors (Lipinski definition) is 4. The van der Waals surface area contributed by atoms with Gasteiger partial charge in [-0.25, -0.2) is 4.39 Å². The zero-order valence-electron chi connectivity index (χ0n) is 13.9. The standard InChI is InChI=1S/C17H19FN2O3S/c1-10-5-6-12(18)13(7-10)20-17(24)19-11-8-14(21-2)16(23-4)15(9-11)22-3/h5-9H,1-4H3,(H2,19,20,24). The van der Waals surface area contributed by atoms with Crippen molar-refractivity contribution in [1.82, 2.24) is 0 Å². The zero-order chi connectivity index (χ0) is 17.7. The Balaban J connectivity index is 2.21. The maximum atomic E-state index is 13.8. The number of anilines is 2. The van der Waals surface area contributed by atoms with Gasteiger partial charge in [-0.3, -0.25) is 0 Å². The minimum absolute atomic E-state index is 0.244. The summed E-state index contributed by atoms with van der Waals surface area (Å²) in [6.07, 6.45) is 0. The lowest BCUT2D eigenvalue weighted by atomic mass is 10.2. The predicted octanol–water partition coefficient (Wildman–Crippen LogP) is 3.97. The molecule has 128 valence electrons. The Morgan fingerprint density at radius 2 is 1.58 bits per heavy atom. The van der Waals surface area contributed by atoms with E-state index in [0.29, 0.717) is 28.6 Å². The molecule has 0 amide bonds. The molecule has 24 heavy (non-hydrogen) atoms. The third-order valence-corrected chi connectivity index (χ3v) is 3.50.